The van der Waals surface area contributed by atoms with E-state index in [1.54, 1.807) is 0 Å². The predicted molar refractivity (Wildman–Crippen MR) is 99.5 cm³/mol. The molecule has 4 nitrogen and oxygen atoms in total. The smallest absolute Gasteiger partial charge is 0.0313 e. The number of nitrogens with one attached hydrogen (secondary N) is 2. The van der Waals surface area contributed by atoms with Gasteiger partial charge in [-0.05, 0) is 68.3 Å². The first-order valence-corrected chi connectivity index (χ1v) is 8.67. The highest BCUT2D eigenvalue weighted by atomic mass is 14.9. The van der Waals surface area contributed by atoms with E-state index < -0.39 is 0 Å². The quantitative estimate of drug-likeness (QED) is 0.479. The van der Waals surface area contributed by atoms with E-state index in [4.69, 9.17) is 11.5 Å². The van der Waals surface area contributed by atoms with Crippen molar-refractivity contribution in [1.82, 2.24) is 10.6 Å². The first-order valence-electron chi connectivity index (χ1n) is 8.67. The van der Waals surface area contributed by atoms with Gasteiger partial charge >= 0.3 is 0 Å². The van der Waals surface area contributed by atoms with E-state index in [1.807, 2.05) is 0 Å². The van der Waals surface area contributed by atoms with Crippen LogP contribution in [0.2, 0.25) is 0 Å². The van der Waals surface area contributed by atoms with Crippen LogP contribution in [-0.4, -0.2) is 32.7 Å². The zero-order chi connectivity index (χ0) is 16.3. The summed E-state index contributed by atoms with van der Waals surface area (Å²) in [6.07, 6.45) is 3.13. The van der Waals surface area contributed by atoms with Gasteiger partial charge in [0.1, 0.15) is 0 Å². The molecular weight excluding hydrogens is 284 g/mol. The van der Waals surface area contributed by atoms with Crippen molar-refractivity contribution in [2.75, 3.05) is 32.7 Å². The summed E-state index contributed by atoms with van der Waals surface area (Å²) in [5.41, 5.74) is 13.1. The van der Waals surface area contributed by atoms with Crippen LogP contribution >= 0.6 is 0 Å². The van der Waals surface area contributed by atoms with E-state index in [-0.39, 0.29) is 6.04 Å². The van der Waals surface area contributed by atoms with E-state index in [0.717, 1.165) is 52.0 Å². The van der Waals surface area contributed by atoms with Crippen molar-refractivity contribution >= 4 is 10.8 Å². The minimum absolute atomic E-state index is 0.0799. The third-order valence-corrected chi connectivity index (χ3v) is 4.12. The molecule has 0 amide bonds. The van der Waals surface area contributed by atoms with Gasteiger partial charge in [-0.2, -0.15) is 0 Å². The Morgan fingerprint density at radius 1 is 0.826 bits per heavy atom. The van der Waals surface area contributed by atoms with Gasteiger partial charge in [0, 0.05) is 6.04 Å². The lowest BCUT2D eigenvalue weighted by molar-refractivity contribution is 0.551. The number of hydrogen-bond donors (Lipinski definition) is 4. The van der Waals surface area contributed by atoms with Gasteiger partial charge in [0.25, 0.3) is 0 Å². The fraction of sp³-hybridized carbons (Fsp3) is 0.474. The molecule has 4 heteroatoms. The Morgan fingerprint density at radius 3 is 2.35 bits per heavy atom. The van der Waals surface area contributed by atoms with Gasteiger partial charge in [-0.3, -0.25) is 0 Å². The van der Waals surface area contributed by atoms with Gasteiger partial charge in [-0.1, -0.05) is 42.5 Å². The van der Waals surface area contributed by atoms with Gasteiger partial charge in [-0.15, -0.1) is 0 Å². The average molecular weight is 314 g/mol. The highest BCUT2D eigenvalue weighted by molar-refractivity contribution is 5.86. The molecule has 1 unspecified atom stereocenters. The molecule has 0 aliphatic heterocycles. The summed E-state index contributed by atoms with van der Waals surface area (Å²) in [5, 5.41) is 9.40. The molecule has 6 N–H and O–H groups in total. The Hall–Kier alpha value is -1.46. The summed E-state index contributed by atoms with van der Waals surface area (Å²) < 4.78 is 0. The molecule has 0 aromatic heterocycles. The fourth-order valence-electron chi connectivity index (χ4n) is 2.80. The second kappa shape index (κ2) is 10.3. The van der Waals surface area contributed by atoms with Gasteiger partial charge < -0.3 is 22.1 Å². The maximum absolute atomic E-state index is 6.39. The highest BCUT2D eigenvalue weighted by Gasteiger charge is 2.08. The van der Waals surface area contributed by atoms with Gasteiger partial charge in [0.05, 0.1) is 0 Å². The fourth-order valence-corrected chi connectivity index (χ4v) is 2.80. The predicted octanol–water partition coefficient (Wildman–Crippen LogP) is 2.15. The van der Waals surface area contributed by atoms with Crippen molar-refractivity contribution in [2.24, 2.45) is 11.5 Å². The second-order valence-electron chi connectivity index (χ2n) is 5.96. The minimum Gasteiger partial charge on any atom is -0.330 e. The van der Waals surface area contributed by atoms with Crippen LogP contribution in [-0.2, 0) is 0 Å². The van der Waals surface area contributed by atoms with Crippen LogP contribution in [0.25, 0.3) is 10.8 Å². The summed E-state index contributed by atoms with van der Waals surface area (Å²) in [5.74, 6) is 0. The van der Waals surface area contributed by atoms with Crippen molar-refractivity contribution in [2.45, 2.75) is 25.3 Å². The molecule has 2 rings (SSSR count). The standard InChI is InChI=1S/C19H30N4/c20-11-4-12-22-13-5-14-23-15-10-19(21)18-9-3-7-16-6-1-2-8-17(16)18/h1-3,6-9,19,22-23H,4-5,10-15,20-21H2. The third-order valence-electron chi connectivity index (χ3n) is 4.12. The van der Waals surface area contributed by atoms with E-state index in [2.05, 4.69) is 53.1 Å². The summed E-state index contributed by atoms with van der Waals surface area (Å²) in [7, 11) is 0. The molecule has 0 saturated carbocycles. The van der Waals surface area contributed by atoms with Crippen LogP contribution in [0.3, 0.4) is 0 Å². The van der Waals surface area contributed by atoms with E-state index in [9.17, 15) is 0 Å². The first kappa shape index (κ1) is 17.9. The van der Waals surface area contributed by atoms with Crippen LogP contribution in [0.15, 0.2) is 42.5 Å². The Morgan fingerprint density at radius 2 is 1.52 bits per heavy atom. The Bertz CT molecular complexity index is 565. The van der Waals surface area contributed by atoms with Crippen molar-refractivity contribution in [1.29, 1.82) is 0 Å². The average Bonchev–Trinajstić information content (AvgIpc) is 2.59. The monoisotopic (exact) mass is 314 g/mol. The Labute approximate surface area is 139 Å². The van der Waals surface area contributed by atoms with Gasteiger partial charge in [0.2, 0.25) is 0 Å². The van der Waals surface area contributed by atoms with Crippen molar-refractivity contribution < 1.29 is 0 Å². The summed E-state index contributed by atoms with van der Waals surface area (Å²) in [6, 6.07) is 14.9. The highest BCUT2D eigenvalue weighted by Crippen LogP contribution is 2.24. The molecule has 126 valence electrons. The van der Waals surface area contributed by atoms with Crippen LogP contribution in [0.5, 0.6) is 0 Å². The molecule has 2 aromatic carbocycles. The number of rotatable bonds is 11. The molecule has 0 radical (unpaired) electrons. The molecule has 2 aromatic rings. The molecule has 0 saturated heterocycles. The number of nitrogens with two attached hydrogens (primary N) is 2. The Balaban J connectivity index is 1.68. The van der Waals surface area contributed by atoms with E-state index >= 15 is 0 Å². The minimum atomic E-state index is 0.0799. The molecular formula is C19H30N4. The summed E-state index contributed by atoms with van der Waals surface area (Å²) >= 11 is 0. The van der Waals surface area contributed by atoms with Gasteiger partial charge in [0.15, 0.2) is 0 Å². The van der Waals surface area contributed by atoms with E-state index in [0.29, 0.717) is 0 Å². The lowest BCUT2D eigenvalue weighted by Crippen LogP contribution is -2.26. The molecule has 0 bridgehead atoms. The topological polar surface area (TPSA) is 76.1 Å². The van der Waals surface area contributed by atoms with Gasteiger partial charge in [-0.25, -0.2) is 0 Å². The number of benzene rings is 2. The number of fused-ring (bicyclic) bond motifs is 1. The summed E-state index contributed by atoms with van der Waals surface area (Å²) in [4.78, 5) is 0. The van der Waals surface area contributed by atoms with Crippen molar-refractivity contribution in [3.63, 3.8) is 0 Å². The maximum Gasteiger partial charge on any atom is 0.0313 e. The lowest BCUT2D eigenvalue weighted by Gasteiger charge is -2.15. The summed E-state index contributed by atoms with van der Waals surface area (Å²) in [6.45, 7) is 4.80. The maximum atomic E-state index is 6.39. The normalized spacial score (nSPS) is 12.6. The van der Waals surface area contributed by atoms with Crippen molar-refractivity contribution in [3.8, 4) is 0 Å². The van der Waals surface area contributed by atoms with Crippen molar-refractivity contribution in [3.05, 3.63) is 48.0 Å². The molecule has 0 heterocycles. The zero-order valence-corrected chi connectivity index (χ0v) is 13.9. The van der Waals surface area contributed by atoms with Crippen LogP contribution in [0.4, 0.5) is 0 Å². The molecule has 1 atom stereocenters. The van der Waals surface area contributed by atoms with Crippen LogP contribution in [0, 0.1) is 0 Å². The van der Waals surface area contributed by atoms with Crippen LogP contribution < -0.4 is 22.1 Å². The zero-order valence-electron chi connectivity index (χ0n) is 13.9. The SMILES string of the molecule is NCCCNCCCNCCC(N)c1cccc2ccccc12. The molecule has 0 fully saturated rings. The van der Waals surface area contributed by atoms with E-state index in [1.165, 1.54) is 16.3 Å². The second-order valence-corrected chi connectivity index (χ2v) is 5.96. The molecule has 0 spiro atoms. The largest absolute Gasteiger partial charge is 0.330 e. The molecule has 0 aliphatic rings. The first-order chi connectivity index (χ1) is 11.3. The molecule has 0 aliphatic carbocycles. The molecule has 23 heavy (non-hydrogen) atoms. The van der Waals surface area contributed by atoms with Crippen LogP contribution in [0.1, 0.15) is 30.9 Å². The number of hydrogen-bond acceptors (Lipinski definition) is 4. The third kappa shape index (κ3) is 5.92. The lowest BCUT2D eigenvalue weighted by atomic mass is 9.97. The Kier molecular flexibility index (Phi) is 8.04.